The van der Waals surface area contributed by atoms with Crippen LogP contribution in [0.2, 0.25) is 0 Å². The van der Waals surface area contributed by atoms with Crippen molar-refractivity contribution in [2.24, 2.45) is 0 Å². The Morgan fingerprint density at radius 3 is 1.50 bits per heavy atom. The van der Waals surface area contributed by atoms with Crippen molar-refractivity contribution in [3.63, 3.8) is 0 Å². The minimum atomic E-state index is -1.40. The molecule has 4 N–H and O–H groups in total. The molecule has 2 atom stereocenters. The van der Waals surface area contributed by atoms with E-state index in [0.717, 1.165) is 83.5 Å². The summed E-state index contributed by atoms with van der Waals surface area (Å²) in [4.78, 5) is 47.4. The van der Waals surface area contributed by atoms with Gasteiger partial charge in [-0.1, -0.05) is 136 Å². The van der Waals surface area contributed by atoms with Gasteiger partial charge in [-0.2, -0.15) is 0 Å². The van der Waals surface area contributed by atoms with Gasteiger partial charge in [0.1, 0.15) is 12.1 Å². The lowest BCUT2D eigenvalue weighted by Gasteiger charge is -2.14. The fourth-order valence-electron chi connectivity index (χ4n) is 4.82. The highest BCUT2D eigenvalue weighted by molar-refractivity contribution is 5.87. The number of carboxylic acid groups (broad SMARTS) is 1. The van der Waals surface area contributed by atoms with Crippen LogP contribution in [0.4, 0.5) is 0 Å². The number of carbonyl (C=O) groups is 4. The van der Waals surface area contributed by atoms with Crippen molar-refractivity contribution in [1.29, 1.82) is 0 Å². The van der Waals surface area contributed by atoms with Gasteiger partial charge >= 0.3 is 11.9 Å². The molecular weight excluding hydrogens is 681 g/mol. The summed E-state index contributed by atoms with van der Waals surface area (Å²) in [5.74, 6) is -2.56. The van der Waals surface area contributed by atoms with Crippen LogP contribution < -0.4 is 10.6 Å². The number of aliphatic hydroxyl groups excluding tert-OH is 1. The zero-order valence-corrected chi connectivity index (χ0v) is 32.9. The lowest BCUT2D eigenvalue weighted by Crippen LogP contribution is -2.47. The first-order valence-corrected chi connectivity index (χ1v) is 19.8. The summed E-state index contributed by atoms with van der Waals surface area (Å²) < 4.78 is 5.82. The number of rotatable bonds is 33. The van der Waals surface area contributed by atoms with Gasteiger partial charge in [-0.05, 0) is 83.1 Å². The third-order valence-electron chi connectivity index (χ3n) is 7.78. The lowest BCUT2D eigenvalue weighted by molar-refractivity contribution is -0.146. The fraction of sp³-hybridized carbons (Fsp3) is 0.511. The predicted octanol–water partition coefficient (Wildman–Crippen LogP) is 9.25. The molecule has 300 valence electrons. The van der Waals surface area contributed by atoms with Crippen molar-refractivity contribution in [3.05, 3.63) is 109 Å². The Morgan fingerprint density at radius 2 is 1.02 bits per heavy atom. The minimum Gasteiger partial charge on any atom is -0.480 e. The number of aliphatic hydroxyl groups is 1. The Kier molecular flexibility index (Phi) is 35.0. The second kappa shape index (κ2) is 38.2. The number of carboxylic acids is 1. The van der Waals surface area contributed by atoms with Crippen molar-refractivity contribution >= 4 is 23.8 Å². The van der Waals surface area contributed by atoms with Gasteiger partial charge in [0, 0.05) is 6.42 Å². The average molecular weight is 749 g/mol. The van der Waals surface area contributed by atoms with Crippen molar-refractivity contribution in [2.45, 2.75) is 135 Å². The highest BCUT2D eigenvalue weighted by atomic mass is 16.5. The summed E-state index contributed by atoms with van der Waals surface area (Å²) in [5, 5.41) is 22.5. The predicted molar refractivity (Wildman–Crippen MR) is 222 cm³/mol. The smallest absolute Gasteiger partial charge is 0.328 e. The van der Waals surface area contributed by atoms with Crippen LogP contribution in [-0.4, -0.2) is 59.3 Å². The summed E-state index contributed by atoms with van der Waals surface area (Å²) >= 11 is 0. The molecule has 9 nitrogen and oxygen atoms in total. The third kappa shape index (κ3) is 34.6. The highest BCUT2D eigenvalue weighted by Crippen LogP contribution is 2.13. The number of allylic oxidation sites excluding steroid dienone is 16. The van der Waals surface area contributed by atoms with E-state index in [1.165, 1.54) is 0 Å². The number of unbranched alkanes of at least 4 members (excludes halogenated alkanes) is 4. The number of hydrogen-bond donors (Lipinski definition) is 4. The quantitative estimate of drug-likeness (QED) is 0.0298. The zero-order chi connectivity index (χ0) is 39.7. The van der Waals surface area contributed by atoms with Crippen molar-refractivity contribution < 1.29 is 34.1 Å². The van der Waals surface area contributed by atoms with Gasteiger partial charge in [0.25, 0.3) is 0 Å². The van der Waals surface area contributed by atoms with E-state index < -0.39 is 24.5 Å². The number of carbonyl (C=O) groups excluding carboxylic acids is 3. The third-order valence-corrected chi connectivity index (χ3v) is 7.78. The minimum absolute atomic E-state index is 0.225. The van der Waals surface area contributed by atoms with E-state index in [2.05, 4.69) is 110 Å². The van der Waals surface area contributed by atoms with Crippen LogP contribution in [0.15, 0.2) is 109 Å². The van der Waals surface area contributed by atoms with Crippen LogP contribution in [0.5, 0.6) is 0 Å². The van der Waals surface area contributed by atoms with Gasteiger partial charge in [-0.25, -0.2) is 4.79 Å². The molecule has 0 aliphatic carbocycles. The molecule has 0 radical (unpaired) electrons. The van der Waals surface area contributed by atoms with Gasteiger partial charge in [0.15, 0.2) is 0 Å². The number of nitrogens with one attached hydrogen (secondary N) is 2. The molecule has 2 unspecified atom stereocenters. The van der Waals surface area contributed by atoms with E-state index in [1.807, 2.05) is 24.3 Å². The molecule has 0 fully saturated rings. The lowest BCUT2D eigenvalue weighted by atomic mass is 10.1. The van der Waals surface area contributed by atoms with E-state index >= 15 is 0 Å². The molecular formula is C45H68N2O7. The summed E-state index contributed by atoms with van der Waals surface area (Å²) in [5.41, 5.74) is 0. The molecule has 0 saturated heterocycles. The summed E-state index contributed by atoms with van der Waals surface area (Å²) in [6.07, 6.45) is 51.4. The molecule has 0 saturated carbocycles. The molecule has 2 amide bonds. The second-order valence-corrected chi connectivity index (χ2v) is 12.6. The number of esters is 1. The Morgan fingerprint density at radius 1 is 0.574 bits per heavy atom. The molecule has 0 aromatic rings. The van der Waals surface area contributed by atoms with Crippen molar-refractivity contribution in [3.8, 4) is 0 Å². The highest BCUT2D eigenvalue weighted by Gasteiger charge is 2.18. The first-order chi connectivity index (χ1) is 26.3. The number of hydrogen-bond acceptors (Lipinski definition) is 6. The average Bonchev–Trinajstić information content (AvgIpc) is 3.15. The summed E-state index contributed by atoms with van der Waals surface area (Å²) in [6, 6.07) is -1.40. The molecule has 9 heteroatoms. The van der Waals surface area contributed by atoms with Gasteiger partial charge in [-0.15, -0.1) is 0 Å². The molecule has 0 aliphatic heterocycles. The monoisotopic (exact) mass is 749 g/mol. The molecule has 0 heterocycles. The largest absolute Gasteiger partial charge is 0.480 e. The number of aliphatic carboxylic acids is 1. The van der Waals surface area contributed by atoms with E-state index in [0.29, 0.717) is 12.8 Å². The molecule has 0 aromatic heterocycles. The van der Waals surface area contributed by atoms with Crippen molar-refractivity contribution in [2.75, 3.05) is 13.2 Å². The van der Waals surface area contributed by atoms with Crippen LogP contribution in [-0.2, 0) is 23.9 Å². The summed E-state index contributed by atoms with van der Waals surface area (Å²) in [6.45, 7) is 3.18. The van der Waals surface area contributed by atoms with Crippen LogP contribution >= 0.6 is 0 Å². The SMILES string of the molecule is CC/C=C\C/C=C\C/C=C\C/C=C\C/C=C\CC(=O)OC(/C=C\C/C=C\C/C=C\C/C=C\CC)CCCCCCCC(=O)NCC(=O)NC(CO)C(=O)O. The number of ether oxygens (including phenoxy) is 1. The van der Waals surface area contributed by atoms with Crippen LogP contribution in [0.3, 0.4) is 0 Å². The van der Waals surface area contributed by atoms with Gasteiger partial charge in [-0.3, -0.25) is 14.4 Å². The molecule has 0 spiro atoms. The molecule has 0 rings (SSSR count). The van der Waals surface area contributed by atoms with E-state index in [-0.39, 0.29) is 37.4 Å². The Bertz CT molecular complexity index is 1270. The van der Waals surface area contributed by atoms with E-state index in [1.54, 1.807) is 0 Å². The van der Waals surface area contributed by atoms with E-state index in [4.69, 9.17) is 14.9 Å². The Hall–Kier alpha value is -4.50. The Balaban J connectivity index is 4.62. The Labute approximate surface area is 325 Å². The van der Waals surface area contributed by atoms with Gasteiger partial charge in [0.2, 0.25) is 11.8 Å². The maximum absolute atomic E-state index is 12.6. The van der Waals surface area contributed by atoms with Gasteiger partial charge < -0.3 is 25.6 Å². The first-order valence-electron chi connectivity index (χ1n) is 19.8. The summed E-state index contributed by atoms with van der Waals surface area (Å²) in [7, 11) is 0. The fourth-order valence-corrected chi connectivity index (χ4v) is 4.82. The maximum atomic E-state index is 12.6. The van der Waals surface area contributed by atoms with E-state index in [9.17, 15) is 19.2 Å². The second-order valence-electron chi connectivity index (χ2n) is 12.6. The van der Waals surface area contributed by atoms with Crippen LogP contribution in [0.1, 0.15) is 123 Å². The molecule has 0 aliphatic rings. The first kappa shape index (κ1) is 49.5. The zero-order valence-electron chi connectivity index (χ0n) is 32.9. The molecule has 54 heavy (non-hydrogen) atoms. The van der Waals surface area contributed by atoms with Crippen molar-refractivity contribution in [1.82, 2.24) is 10.6 Å². The topological polar surface area (TPSA) is 142 Å². The standard InChI is InChI=1S/C45H68N2O7/c1-3-5-7-9-11-13-15-16-17-18-20-22-24-29-33-37-44(51)54-40(34-30-26-23-21-19-14-12-10-8-6-4-2)35-31-27-25-28-32-36-42(49)46-38-43(50)47-41(39-48)45(52)53/h5-8,11-14,16-17,20-23,29-30,33-34,40-41,48H,3-4,9-10,15,18-19,24-28,31-32,35-39H2,1-2H3,(H,46,49)(H,47,50)(H,52,53)/b7-5-,8-6-,13-11-,14-12-,17-16-,22-20-,23-21-,33-29-,34-30-. The van der Waals surface area contributed by atoms with Crippen LogP contribution in [0.25, 0.3) is 0 Å². The molecule has 0 aromatic carbocycles. The van der Waals surface area contributed by atoms with Gasteiger partial charge in [0.05, 0.1) is 19.6 Å². The maximum Gasteiger partial charge on any atom is 0.328 e. The normalized spacial score (nSPS) is 13.7. The number of amides is 2. The van der Waals surface area contributed by atoms with Crippen LogP contribution in [0, 0.1) is 0 Å². The molecule has 0 bridgehead atoms.